The molecule has 2 N–H and O–H groups in total. The Balaban J connectivity index is 1.20. The van der Waals surface area contributed by atoms with Gasteiger partial charge in [-0.25, -0.2) is 4.98 Å². The van der Waals surface area contributed by atoms with Gasteiger partial charge in [-0.3, -0.25) is 9.36 Å². The first-order valence-electron chi connectivity index (χ1n) is 13.6. The van der Waals surface area contributed by atoms with Crippen LogP contribution in [0.3, 0.4) is 0 Å². The summed E-state index contributed by atoms with van der Waals surface area (Å²) in [6, 6.07) is 7.11. The number of hydrogen-bond acceptors (Lipinski definition) is 4. The molecular formula is C28H36N3O4P. The summed E-state index contributed by atoms with van der Waals surface area (Å²) in [5, 5.41) is 0. The number of nitrogens with zero attached hydrogens (tertiary/aromatic N) is 3. The van der Waals surface area contributed by atoms with Crippen molar-refractivity contribution in [1.29, 1.82) is 0 Å². The maximum absolute atomic E-state index is 13.5. The zero-order chi connectivity index (χ0) is 25.0. The molecule has 1 saturated heterocycles. The van der Waals surface area contributed by atoms with Crippen molar-refractivity contribution in [3.8, 4) is 0 Å². The van der Waals surface area contributed by atoms with Crippen LogP contribution < -0.4 is 11.0 Å². The predicted molar refractivity (Wildman–Crippen MR) is 139 cm³/mol. The highest BCUT2D eigenvalue weighted by Crippen LogP contribution is 2.64. The molecule has 2 aliphatic heterocycles. The molecule has 1 aromatic carbocycles. The summed E-state index contributed by atoms with van der Waals surface area (Å²) in [5.74, 6) is 3.22. The van der Waals surface area contributed by atoms with E-state index in [1.807, 2.05) is 12.1 Å². The van der Waals surface area contributed by atoms with E-state index in [-0.39, 0.29) is 11.6 Å². The Morgan fingerprint density at radius 2 is 1.94 bits per heavy atom. The SMILES string of the molecule is CC1(C)[C@H]2CC[C@@H](CCN3C4=CCC5C[C@@]53C[C@@H](n3c(=O)c(P(=O)(O)O)nc5ccccc53)C4)[C@@H]1C2. The van der Waals surface area contributed by atoms with Crippen molar-refractivity contribution in [2.45, 2.75) is 76.8 Å². The molecule has 36 heavy (non-hydrogen) atoms. The fraction of sp³-hybridized carbons (Fsp3) is 0.643. The lowest BCUT2D eigenvalue weighted by Crippen LogP contribution is -2.53. The predicted octanol–water partition coefficient (Wildman–Crippen LogP) is 4.35. The average Bonchev–Trinajstić information content (AvgIpc) is 3.53. The van der Waals surface area contributed by atoms with E-state index in [2.05, 4.69) is 29.8 Å². The molecule has 6 atom stereocenters. The standard InChI is InChI=1S/C28H36N3O4P/c1-27(2)18-8-7-17(22(27)13-18)11-12-30-20-10-9-19-15-28(19,30)16-21(14-20)31-24-6-4-3-5-23(24)29-25(26(31)32)36(33,34)35/h3-6,10,17-19,21-22H,7-9,11-16H2,1-2H3,(H2,33,34,35)/t17-,18-,19?,21-,22-,28+/m0/s1. The van der Waals surface area contributed by atoms with Crippen molar-refractivity contribution < 1.29 is 14.4 Å². The van der Waals surface area contributed by atoms with E-state index in [4.69, 9.17) is 0 Å². The highest BCUT2D eigenvalue weighted by Gasteiger charge is 2.63. The first kappa shape index (κ1) is 23.2. The monoisotopic (exact) mass is 509 g/mol. The summed E-state index contributed by atoms with van der Waals surface area (Å²) >= 11 is 0. The highest BCUT2D eigenvalue weighted by atomic mass is 31.2. The zero-order valence-corrected chi connectivity index (χ0v) is 22.0. The van der Waals surface area contributed by atoms with Crippen LogP contribution in [0, 0.1) is 29.1 Å². The van der Waals surface area contributed by atoms with Crippen molar-refractivity contribution in [1.82, 2.24) is 14.5 Å². The fourth-order valence-corrected chi connectivity index (χ4v) is 9.39. The molecule has 7 nitrogen and oxygen atoms in total. The van der Waals surface area contributed by atoms with Crippen molar-refractivity contribution in [2.75, 3.05) is 6.54 Å². The van der Waals surface area contributed by atoms with Gasteiger partial charge < -0.3 is 19.3 Å². The lowest BCUT2D eigenvalue weighted by Gasteiger charge is -2.60. The van der Waals surface area contributed by atoms with Crippen LogP contribution in [0.4, 0.5) is 0 Å². The minimum atomic E-state index is -4.79. The topological polar surface area (TPSA) is 95.7 Å². The molecule has 5 fully saturated rings. The smallest absolute Gasteiger partial charge is 0.369 e. The second kappa shape index (κ2) is 7.55. The van der Waals surface area contributed by atoms with Gasteiger partial charge in [0, 0.05) is 30.2 Å². The summed E-state index contributed by atoms with van der Waals surface area (Å²) in [5.41, 5.74) is 1.77. The summed E-state index contributed by atoms with van der Waals surface area (Å²) in [6.07, 6.45) is 11.6. The van der Waals surface area contributed by atoms with Crippen molar-refractivity contribution in [2.24, 2.45) is 29.1 Å². The van der Waals surface area contributed by atoms with Crippen LogP contribution in [0.2, 0.25) is 0 Å². The van der Waals surface area contributed by atoms with Crippen LogP contribution in [-0.2, 0) is 4.57 Å². The van der Waals surface area contributed by atoms with Crippen LogP contribution in [-0.4, -0.2) is 36.3 Å². The summed E-state index contributed by atoms with van der Waals surface area (Å²) in [6.45, 7) is 6.04. The molecule has 3 heterocycles. The van der Waals surface area contributed by atoms with E-state index in [1.165, 1.54) is 31.4 Å². The van der Waals surface area contributed by atoms with E-state index in [0.29, 0.717) is 22.4 Å². The van der Waals surface area contributed by atoms with Crippen LogP contribution in [0.25, 0.3) is 11.0 Å². The maximum Gasteiger partial charge on any atom is 0.380 e. The molecule has 8 heteroatoms. The number of fused-ring (bicyclic) bond motifs is 4. The third kappa shape index (κ3) is 3.21. The van der Waals surface area contributed by atoms with Crippen LogP contribution in [0.1, 0.15) is 71.3 Å². The minimum Gasteiger partial charge on any atom is -0.369 e. The molecule has 1 spiro atoms. The van der Waals surface area contributed by atoms with Gasteiger partial charge in [0.25, 0.3) is 5.56 Å². The Morgan fingerprint density at radius 1 is 1.14 bits per heavy atom. The van der Waals surface area contributed by atoms with Crippen LogP contribution in [0.5, 0.6) is 0 Å². The lowest BCUT2D eigenvalue weighted by atomic mass is 9.45. The Bertz CT molecular complexity index is 1390. The van der Waals surface area contributed by atoms with Crippen molar-refractivity contribution >= 4 is 24.1 Å². The second-order valence-corrected chi connectivity index (χ2v) is 14.3. The highest BCUT2D eigenvalue weighted by molar-refractivity contribution is 7.59. The molecule has 4 saturated carbocycles. The molecular weight excluding hydrogens is 473 g/mol. The molecule has 8 rings (SSSR count). The zero-order valence-electron chi connectivity index (χ0n) is 21.1. The third-order valence-electron chi connectivity index (χ3n) is 10.9. The average molecular weight is 510 g/mol. The number of benzene rings is 1. The van der Waals surface area contributed by atoms with Gasteiger partial charge in [-0.15, -0.1) is 0 Å². The van der Waals surface area contributed by atoms with Gasteiger partial charge in [0.1, 0.15) is 0 Å². The summed E-state index contributed by atoms with van der Waals surface area (Å²) < 4.78 is 13.8. The number of aromatic nitrogens is 2. The van der Waals surface area contributed by atoms with Crippen molar-refractivity contribution in [3.63, 3.8) is 0 Å². The van der Waals surface area contributed by atoms with Gasteiger partial charge in [-0.05, 0) is 86.2 Å². The van der Waals surface area contributed by atoms with Crippen LogP contribution >= 0.6 is 7.60 Å². The Kier molecular flexibility index (Phi) is 4.86. The van der Waals surface area contributed by atoms with Crippen molar-refractivity contribution in [3.05, 3.63) is 46.4 Å². The van der Waals surface area contributed by atoms with E-state index < -0.39 is 18.6 Å². The quantitative estimate of drug-likeness (QED) is 0.582. The first-order valence-corrected chi connectivity index (χ1v) is 15.2. The summed E-state index contributed by atoms with van der Waals surface area (Å²) in [4.78, 5) is 40.0. The molecule has 2 aromatic rings. The van der Waals surface area contributed by atoms with E-state index >= 15 is 0 Å². The number of hydrogen-bond donors (Lipinski definition) is 2. The minimum absolute atomic E-state index is 0.0887. The molecule has 1 aromatic heterocycles. The molecule has 0 amide bonds. The molecule has 192 valence electrons. The van der Waals surface area contributed by atoms with Gasteiger partial charge in [0.05, 0.1) is 11.0 Å². The number of para-hydroxylation sites is 2. The largest absolute Gasteiger partial charge is 0.380 e. The number of allylic oxidation sites excluding steroid dienone is 2. The molecule has 4 bridgehead atoms. The molecule has 1 unspecified atom stereocenters. The van der Waals surface area contributed by atoms with E-state index in [1.54, 1.807) is 16.7 Å². The number of piperidine rings is 1. The van der Waals surface area contributed by atoms with Gasteiger partial charge >= 0.3 is 7.60 Å². The van der Waals surface area contributed by atoms with Gasteiger partial charge in [0.2, 0.25) is 5.44 Å². The lowest BCUT2D eigenvalue weighted by molar-refractivity contribution is -0.108. The maximum atomic E-state index is 13.5. The van der Waals surface area contributed by atoms with Crippen LogP contribution in [0.15, 0.2) is 40.8 Å². The molecule has 6 aliphatic rings. The second-order valence-electron chi connectivity index (χ2n) is 12.8. The number of rotatable bonds is 5. The Hall–Kier alpha value is -1.95. The molecule has 4 aliphatic carbocycles. The Morgan fingerprint density at radius 3 is 2.69 bits per heavy atom. The Labute approximate surface area is 211 Å². The fourth-order valence-electron chi connectivity index (χ4n) is 8.80. The third-order valence-corrected chi connectivity index (χ3v) is 11.7. The van der Waals surface area contributed by atoms with Gasteiger partial charge in [0.15, 0.2) is 0 Å². The van der Waals surface area contributed by atoms with Gasteiger partial charge in [-0.2, -0.15) is 0 Å². The molecule has 0 radical (unpaired) electrons. The van der Waals surface area contributed by atoms with E-state index in [9.17, 15) is 19.1 Å². The van der Waals surface area contributed by atoms with E-state index in [0.717, 1.165) is 50.0 Å². The normalized spacial score (nSPS) is 36.2. The summed E-state index contributed by atoms with van der Waals surface area (Å²) in [7, 11) is -4.79. The van der Waals surface area contributed by atoms with Gasteiger partial charge in [-0.1, -0.05) is 32.1 Å². The first-order chi connectivity index (χ1) is 17.1.